The second-order valence-electron chi connectivity index (χ2n) is 4.14. The minimum atomic E-state index is -0.188. The van der Waals surface area contributed by atoms with Crippen LogP contribution in [0.1, 0.15) is 31.4 Å². The van der Waals surface area contributed by atoms with Crippen molar-refractivity contribution in [3.63, 3.8) is 0 Å². The first kappa shape index (κ1) is 9.66. The van der Waals surface area contributed by atoms with Gasteiger partial charge in [0.05, 0.1) is 6.10 Å². The van der Waals surface area contributed by atoms with E-state index in [1.807, 2.05) is 18.2 Å². The molecule has 0 aliphatic heterocycles. The van der Waals surface area contributed by atoms with Gasteiger partial charge in [0, 0.05) is 18.3 Å². The molecule has 1 heterocycles. The Labute approximate surface area is 85.0 Å². The van der Waals surface area contributed by atoms with E-state index in [0.717, 1.165) is 5.69 Å². The first-order chi connectivity index (χ1) is 6.86. The molecule has 1 fully saturated rings. The van der Waals surface area contributed by atoms with Gasteiger partial charge in [-0.1, -0.05) is 18.9 Å². The zero-order valence-electron chi connectivity index (χ0n) is 8.39. The van der Waals surface area contributed by atoms with Crippen molar-refractivity contribution < 1.29 is 5.11 Å². The molecule has 0 radical (unpaired) electrons. The summed E-state index contributed by atoms with van der Waals surface area (Å²) < 4.78 is 0. The van der Waals surface area contributed by atoms with Crippen molar-refractivity contribution in [3.05, 3.63) is 30.1 Å². The fraction of sp³-hybridized carbons (Fsp3) is 0.583. The molecule has 76 valence electrons. The first-order valence-electron chi connectivity index (χ1n) is 5.44. The Bertz CT molecular complexity index is 267. The Morgan fingerprint density at radius 2 is 2.14 bits per heavy atom. The van der Waals surface area contributed by atoms with Crippen molar-refractivity contribution in [2.24, 2.45) is 5.92 Å². The molecule has 14 heavy (non-hydrogen) atoms. The lowest BCUT2D eigenvalue weighted by atomic mass is 9.97. The average Bonchev–Trinajstić information content (AvgIpc) is 2.72. The van der Waals surface area contributed by atoms with Crippen LogP contribution >= 0.6 is 0 Å². The number of nitrogens with zero attached hydrogens (tertiary/aromatic N) is 1. The second kappa shape index (κ2) is 4.56. The number of aliphatic hydroxyl groups excluding tert-OH is 1. The van der Waals surface area contributed by atoms with Crippen LogP contribution in [0.2, 0.25) is 0 Å². The molecule has 0 amide bonds. The van der Waals surface area contributed by atoms with Crippen molar-refractivity contribution in [2.45, 2.75) is 38.2 Å². The van der Waals surface area contributed by atoms with Crippen LogP contribution in [0, 0.1) is 5.92 Å². The summed E-state index contributed by atoms with van der Waals surface area (Å²) in [5, 5.41) is 9.96. The van der Waals surface area contributed by atoms with Crippen molar-refractivity contribution in [1.82, 2.24) is 4.98 Å². The van der Waals surface area contributed by atoms with E-state index in [1.54, 1.807) is 6.20 Å². The number of hydrogen-bond donors (Lipinski definition) is 1. The largest absolute Gasteiger partial charge is 0.392 e. The van der Waals surface area contributed by atoms with Gasteiger partial charge < -0.3 is 5.11 Å². The van der Waals surface area contributed by atoms with E-state index in [4.69, 9.17) is 0 Å². The lowest BCUT2D eigenvalue weighted by molar-refractivity contribution is 0.110. The van der Waals surface area contributed by atoms with Gasteiger partial charge in [-0.15, -0.1) is 0 Å². The van der Waals surface area contributed by atoms with Crippen LogP contribution in [0.4, 0.5) is 0 Å². The monoisotopic (exact) mass is 191 g/mol. The third kappa shape index (κ3) is 2.32. The number of aromatic nitrogens is 1. The fourth-order valence-electron chi connectivity index (χ4n) is 2.24. The molecule has 1 unspecified atom stereocenters. The zero-order valence-corrected chi connectivity index (χ0v) is 8.39. The van der Waals surface area contributed by atoms with E-state index in [-0.39, 0.29) is 6.10 Å². The third-order valence-corrected chi connectivity index (χ3v) is 3.09. The van der Waals surface area contributed by atoms with E-state index < -0.39 is 0 Å². The Hall–Kier alpha value is -0.890. The zero-order chi connectivity index (χ0) is 9.80. The molecule has 1 N–H and O–H groups in total. The standard InChI is InChI=1S/C12H17NO/c14-12(10-5-1-2-6-10)9-11-7-3-4-8-13-11/h3-4,7-8,10,12,14H,1-2,5-6,9H2. The molecule has 0 saturated heterocycles. The van der Waals surface area contributed by atoms with E-state index in [2.05, 4.69) is 4.98 Å². The average molecular weight is 191 g/mol. The van der Waals surface area contributed by atoms with E-state index >= 15 is 0 Å². The second-order valence-corrected chi connectivity index (χ2v) is 4.14. The smallest absolute Gasteiger partial charge is 0.0623 e. The van der Waals surface area contributed by atoms with Gasteiger partial charge in [0.2, 0.25) is 0 Å². The summed E-state index contributed by atoms with van der Waals surface area (Å²) in [5.41, 5.74) is 1.01. The molecule has 0 spiro atoms. The maximum atomic E-state index is 9.96. The highest BCUT2D eigenvalue weighted by atomic mass is 16.3. The molecule has 2 heteroatoms. The van der Waals surface area contributed by atoms with Gasteiger partial charge in [0.25, 0.3) is 0 Å². The summed E-state index contributed by atoms with van der Waals surface area (Å²) in [7, 11) is 0. The molecule has 0 aromatic carbocycles. The normalized spacial score (nSPS) is 19.8. The van der Waals surface area contributed by atoms with Crippen LogP contribution < -0.4 is 0 Å². The molecule has 1 aromatic rings. The van der Waals surface area contributed by atoms with Gasteiger partial charge in [-0.2, -0.15) is 0 Å². The summed E-state index contributed by atoms with van der Waals surface area (Å²) in [6.45, 7) is 0. The van der Waals surface area contributed by atoms with E-state index in [9.17, 15) is 5.11 Å². The third-order valence-electron chi connectivity index (χ3n) is 3.09. The fourth-order valence-corrected chi connectivity index (χ4v) is 2.24. The van der Waals surface area contributed by atoms with Crippen LogP contribution in [-0.4, -0.2) is 16.2 Å². The van der Waals surface area contributed by atoms with E-state index in [1.165, 1.54) is 25.7 Å². The molecule has 2 rings (SSSR count). The van der Waals surface area contributed by atoms with Gasteiger partial charge in [-0.05, 0) is 30.9 Å². The highest BCUT2D eigenvalue weighted by molar-refractivity contribution is 5.05. The van der Waals surface area contributed by atoms with E-state index in [0.29, 0.717) is 12.3 Å². The lowest BCUT2D eigenvalue weighted by Gasteiger charge is -2.16. The topological polar surface area (TPSA) is 33.1 Å². The van der Waals surface area contributed by atoms with Gasteiger partial charge in [0.1, 0.15) is 0 Å². The quantitative estimate of drug-likeness (QED) is 0.794. The van der Waals surface area contributed by atoms with Crippen molar-refractivity contribution in [2.75, 3.05) is 0 Å². The molecular formula is C12H17NO. The number of aliphatic hydroxyl groups is 1. The van der Waals surface area contributed by atoms with Crippen LogP contribution in [0.25, 0.3) is 0 Å². The minimum absolute atomic E-state index is 0.188. The molecular weight excluding hydrogens is 174 g/mol. The Morgan fingerprint density at radius 3 is 2.79 bits per heavy atom. The molecule has 1 aromatic heterocycles. The highest BCUT2D eigenvalue weighted by Gasteiger charge is 2.23. The predicted molar refractivity (Wildman–Crippen MR) is 55.9 cm³/mol. The maximum Gasteiger partial charge on any atom is 0.0623 e. The lowest BCUT2D eigenvalue weighted by Crippen LogP contribution is -2.20. The highest BCUT2D eigenvalue weighted by Crippen LogP contribution is 2.28. The molecule has 1 aliphatic rings. The first-order valence-corrected chi connectivity index (χ1v) is 5.44. The van der Waals surface area contributed by atoms with Gasteiger partial charge in [-0.25, -0.2) is 0 Å². The SMILES string of the molecule is OC(Cc1ccccn1)C1CCCC1. The number of hydrogen-bond acceptors (Lipinski definition) is 2. The number of rotatable bonds is 3. The molecule has 0 bridgehead atoms. The van der Waals surface area contributed by atoms with Crippen molar-refractivity contribution >= 4 is 0 Å². The van der Waals surface area contributed by atoms with Crippen LogP contribution in [-0.2, 0) is 6.42 Å². The summed E-state index contributed by atoms with van der Waals surface area (Å²) in [4.78, 5) is 4.23. The van der Waals surface area contributed by atoms with Crippen molar-refractivity contribution in [1.29, 1.82) is 0 Å². The maximum absolute atomic E-state index is 9.96. The predicted octanol–water partition coefficient (Wildman–Crippen LogP) is 2.18. The Morgan fingerprint density at radius 1 is 1.36 bits per heavy atom. The summed E-state index contributed by atoms with van der Waals surface area (Å²) in [5.74, 6) is 0.511. The molecule has 2 nitrogen and oxygen atoms in total. The summed E-state index contributed by atoms with van der Waals surface area (Å²) >= 11 is 0. The van der Waals surface area contributed by atoms with Gasteiger partial charge in [0.15, 0.2) is 0 Å². The molecule has 1 saturated carbocycles. The van der Waals surface area contributed by atoms with Crippen molar-refractivity contribution in [3.8, 4) is 0 Å². The Balaban J connectivity index is 1.90. The van der Waals surface area contributed by atoms with Gasteiger partial charge >= 0.3 is 0 Å². The summed E-state index contributed by atoms with van der Waals surface area (Å²) in [6, 6.07) is 5.87. The molecule has 1 atom stereocenters. The van der Waals surface area contributed by atoms with Gasteiger partial charge in [-0.3, -0.25) is 4.98 Å². The minimum Gasteiger partial charge on any atom is -0.392 e. The van der Waals surface area contributed by atoms with Crippen LogP contribution in [0.3, 0.4) is 0 Å². The van der Waals surface area contributed by atoms with Crippen LogP contribution in [0.5, 0.6) is 0 Å². The number of pyridine rings is 1. The Kier molecular flexibility index (Phi) is 3.14. The molecule has 1 aliphatic carbocycles. The van der Waals surface area contributed by atoms with Crippen LogP contribution in [0.15, 0.2) is 24.4 Å². The summed E-state index contributed by atoms with van der Waals surface area (Å²) in [6.07, 6.45) is 7.25.